The summed E-state index contributed by atoms with van der Waals surface area (Å²) in [4.78, 5) is 21.4. The average molecular weight is 486 g/mol. The van der Waals surface area contributed by atoms with Crippen LogP contribution in [0.3, 0.4) is 0 Å². The molecule has 1 fully saturated rings. The van der Waals surface area contributed by atoms with E-state index in [9.17, 15) is 9.90 Å². The van der Waals surface area contributed by atoms with Crippen LogP contribution in [0.4, 0.5) is 4.79 Å². The molecule has 1 aliphatic carbocycles. The van der Waals surface area contributed by atoms with Crippen LogP contribution in [0.5, 0.6) is 0 Å². The van der Waals surface area contributed by atoms with E-state index in [0.717, 1.165) is 32.4 Å². The average Bonchev–Trinajstić information content (AvgIpc) is 2.86. The zero-order valence-corrected chi connectivity index (χ0v) is 19.7. The largest absolute Gasteiger partial charge is 0.444 e. The lowest BCUT2D eigenvalue weighted by molar-refractivity contribution is 0.0118. The third kappa shape index (κ3) is 4.68. The monoisotopic (exact) mass is 485 g/mol. The van der Waals surface area contributed by atoms with E-state index in [-0.39, 0.29) is 18.7 Å². The molecule has 1 saturated heterocycles. The molecule has 0 spiro atoms. The maximum absolute atomic E-state index is 12.5. The second kappa shape index (κ2) is 8.73. The molecular formula is C24H28BrN3O3. The number of hydrogen-bond acceptors (Lipinski definition) is 5. The summed E-state index contributed by atoms with van der Waals surface area (Å²) in [6, 6.07) is 10.2. The van der Waals surface area contributed by atoms with E-state index >= 15 is 0 Å². The predicted octanol–water partition coefficient (Wildman–Crippen LogP) is 4.33. The number of aliphatic hydroxyl groups excluding tert-OH is 1. The lowest BCUT2D eigenvalue weighted by Gasteiger charge is -2.40. The van der Waals surface area contributed by atoms with Crippen LogP contribution in [0.25, 0.3) is 11.6 Å². The molecular weight excluding hydrogens is 458 g/mol. The van der Waals surface area contributed by atoms with Crippen LogP contribution in [-0.4, -0.2) is 64.4 Å². The second-order valence-corrected chi connectivity index (χ2v) is 9.86. The van der Waals surface area contributed by atoms with Crippen molar-refractivity contribution in [1.29, 1.82) is 0 Å². The summed E-state index contributed by atoms with van der Waals surface area (Å²) in [6.07, 6.45) is 3.60. The van der Waals surface area contributed by atoms with Crippen LogP contribution in [0.2, 0.25) is 0 Å². The van der Waals surface area contributed by atoms with E-state index in [1.165, 1.54) is 0 Å². The van der Waals surface area contributed by atoms with Crippen molar-refractivity contribution < 1.29 is 14.6 Å². The molecule has 2 aliphatic rings. The van der Waals surface area contributed by atoms with Gasteiger partial charge in [0.05, 0.1) is 18.3 Å². The number of fused-ring (bicyclic) bond motifs is 2. The van der Waals surface area contributed by atoms with Crippen LogP contribution in [0, 0.1) is 0 Å². The van der Waals surface area contributed by atoms with Gasteiger partial charge in [0.2, 0.25) is 0 Å². The topological polar surface area (TPSA) is 65.9 Å². The number of ether oxygens (including phenoxy) is 1. The van der Waals surface area contributed by atoms with Crippen molar-refractivity contribution in [3.05, 3.63) is 63.4 Å². The van der Waals surface area contributed by atoms with Gasteiger partial charge in [-0.15, -0.1) is 0 Å². The number of piperazine rings is 1. The molecule has 4 rings (SSSR count). The Hall–Kier alpha value is -2.22. The predicted molar refractivity (Wildman–Crippen MR) is 125 cm³/mol. The van der Waals surface area contributed by atoms with Crippen molar-refractivity contribution in [1.82, 2.24) is 14.8 Å². The van der Waals surface area contributed by atoms with Crippen molar-refractivity contribution in [2.45, 2.75) is 32.4 Å². The molecule has 0 radical (unpaired) electrons. The molecule has 2 aromatic rings. The highest BCUT2D eigenvalue weighted by molar-refractivity contribution is 9.10. The number of amides is 1. The number of rotatable bonds is 2. The van der Waals surface area contributed by atoms with Crippen LogP contribution in [0.1, 0.15) is 49.2 Å². The fraction of sp³-hybridized carbons (Fsp3) is 0.417. The highest BCUT2D eigenvalue weighted by Gasteiger charge is 2.34. The van der Waals surface area contributed by atoms with Crippen molar-refractivity contribution in [2.24, 2.45) is 0 Å². The maximum atomic E-state index is 12.5. The molecule has 1 amide bonds. The van der Waals surface area contributed by atoms with Gasteiger partial charge in [0.1, 0.15) is 5.60 Å². The first-order valence-corrected chi connectivity index (χ1v) is 11.3. The zero-order valence-electron chi connectivity index (χ0n) is 18.1. The molecule has 1 aromatic carbocycles. The minimum Gasteiger partial charge on any atom is -0.444 e. The lowest BCUT2D eigenvalue weighted by Crippen LogP contribution is -2.51. The molecule has 6 nitrogen and oxygen atoms in total. The van der Waals surface area contributed by atoms with Gasteiger partial charge in [0.15, 0.2) is 0 Å². The Balaban J connectivity index is 1.66. The number of aromatic nitrogens is 1. The summed E-state index contributed by atoms with van der Waals surface area (Å²) in [5, 5.41) is 10.1. The van der Waals surface area contributed by atoms with Crippen LogP contribution in [0.15, 0.2) is 41.0 Å². The smallest absolute Gasteiger partial charge is 0.410 e. The Labute approximate surface area is 191 Å². The summed E-state index contributed by atoms with van der Waals surface area (Å²) in [5.74, 6) is 0. The number of benzene rings is 1. The quantitative estimate of drug-likeness (QED) is 0.685. The van der Waals surface area contributed by atoms with Crippen LogP contribution in [-0.2, 0) is 4.74 Å². The summed E-state index contributed by atoms with van der Waals surface area (Å²) in [6.45, 7) is 8.22. The van der Waals surface area contributed by atoms with Gasteiger partial charge in [-0.1, -0.05) is 24.3 Å². The molecule has 1 aromatic heterocycles. The van der Waals surface area contributed by atoms with E-state index in [1.807, 2.05) is 45.2 Å². The summed E-state index contributed by atoms with van der Waals surface area (Å²) < 4.78 is 6.43. The normalized spacial score (nSPS) is 19.2. The van der Waals surface area contributed by atoms with Crippen molar-refractivity contribution in [3.63, 3.8) is 0 Å². The summed E-state index contributed by atoms with van der Waals surface area (Å²) >= 11 is 3.53. The van der Waals surface area contributed by atoms with Crippen LogP contribution >= 0.6 is 15.9 Å². The fourth-order valence-electron chi connectivity index (χ4n) is 4.22. The fourth-order valence-corrected chi connectivity index (χ4v) is 4.55. The third-order valence-corrected chi connectivity index (χ3v) is 6.05. The molecule has 164 valence electrons. The third-order valence-electron chi connectivity index (χ3n) is 5.61. The van der Waals surface area contributed by atoms with Gasteiger partial charge in [-0.2, -0.15) is 0 Å². The van der Waals surface area contributed by atoms with E-state index in [0.29, 0.717) is 26.2 Å². The number of carbonyl (C=O) groups is 1. The molecule has 0 bridgehead atoms. The number of halogens is 1. The second-order valence-electron chi connectivity index (χ2n) is 8.95. The first kappa shape index (κ1) is 22.0. The van der Waals surface area contributed by atoms with Crippen LogP contribution < -0.4 is 0 Å². The molecule has 1 unspecified atom stereocenters. The molecule has 2 heterocycles. The highest BCUT2D eigenvalue weighted by Crippen LogP contribution is 2.39. The van der Waals surface area contributed by atoms with E-state index in [1.54, 1.807) is 4.90 Å². The van der Waals surface area contributed by atoms with Crippen molar-refractivity contribution >= 4 is 33.7 Å². The molecule has 7 heteroatoms. The number of nitrogens with zero attached hydrogens (tertiary/aromatic N) is 3. The Morgan fingerprint density at radius 3 is 2.61 bits per heavy atom. The Kier molecular flexibility index (Phi) is 6.19. The zero-order chi connectivity index (χ0) is 22.2. The van der Waals surface area contributed by atoms with Gasteiger partial charge in [-0.25, -0.2) is 4.79 Å². The lowest BCUT2D eigenvalue weighted by atomic mass is 9.95. The first-order chi connectivity index (χ1) is 14.8. The number of pyridine rings is 1. The minimum absolute atomic E-state index is 0.0552. The van der Waals surface area contributed by atoms with Gasteiger partial charge in [0, 0.05) is 42.4 Å². The van der Waals surface area contributed by atoms with Crippen molar-refractivity contribution in [2.75, 3.05) is 32.8 Å². The minimum atomic E-state index is -0.503. The number of carbonyl (C=O) groups excluding carboxylic acids is 1. The van der Waals surface area contributed by atoms with E-state index in [4.69, 9.17) is 9.72 Å². The SMILES string of the molecule is CC(C)(C)OC(=O)N1CCN(C2c3ccccc3C=C(CO)c3cc(Br)cnc32)CC1. The molecule has 31 heavy (non-hydrogen) atoms. The van der Waals surface area contributed by atoms with Crippen molar-refractivity contribution in [3.8, 4) is 0 Å². The Morgan fingerprint density at radius 1 is 1.23 bits per heavy atom. The molecule has 1 aliphatic heterocycles. The van der Waals surface area contributed by atoms with Gasteiger partial charge in [0.25, 0.3) is 0 Å². The highest BCUT2D eigenvalue weighted by atomic mass is 79.9. The number of hydrogen-bond donors (Lipinski definition) is 1. The van der Waals surface area contributed by atoms with Gasteiger partial charge in [-0.3, -0.25) is 9.88 Å². The summed E-state index contributed by atoms with van der Waals surface area (Å²) in [5.41, 5.74) is 4.47. The van der Waals surface area contributed by atoms with Gasteiger partial charge >= 0.3 is 6.09 Å². The first-order valence-electron chi connectivity index (χ1n) is 10.5. The molecule has 1 N–H and O–H groups in total. The molecule has 0 saturated carbocycles. The summed E-state index contributed by atoms with van der Waals surface area (Å²) in [7, 11) is 0. The van der Waals surface area contributed by atoms with Gasteiger partial charge in [-0.05, 0) is 65.5 Å². The molecule has 1 atom stereocenters. The number of aliphatic hydroxyl groups is 1. The Bertz CT molecular complexity index is 1010. The standard InChI is InChI=1S/C24H28BrN3O3/c1-24(2,3)31-23(30)28-10-8-27(9-11-28)22-19-7-5-4-6-16(19)12-17(15-29)20-13-18(25)14-26-21(20)22/h4-7,12-14,22,29H,8-11,15H2,1-3H3. The Morgan fingerprint density at radius 2 is 1.94 bits per heavy atom. The van der Waals surface area contributed by atoms with Gasteiger partial charge < -0.3 is 14.7 Å². The maximum Gasteiger partial charge on any atom is 0.410 e. The van der Waals surface area contributed by atoms with E-state index < -0.39 is 5.60 Å². The van der Waals surface area contributed by atoms with E-state index in [2.05, 4.69) is 39.0 Å².